The van der Waals surface area contributed by atoms with Gasteiger partial charge in [0.25, 0.3) is 5.69 Å². The Bertz CT molecular complexity index is 398. The van der Waals surface area contributed by atoms with Gasteiger partial charge in [-0.3, -0.25) is 10.1 Å². The fourth-order valence-electron chi connectivity index (χ4n) is 1.15. The Labute approximate surface area is 96.6 Å². The normalized spacial score (nSPS) is 10.4. The molecule has 0 aliphatic rings. The minimum Gasteiger partial charge on any atom is -0.396 e. The largest absolute Gasteiger partial charge is 0.396 e. The molecule has 0 aromatic heterocycles. The van der Waals surface area contributed by atoms with Crippen LogP contribution in [0.15, 0.2) is 17.0 Å². The van der Waals surface area contributed by atoms with Gasteiger partial charge in [-0.05, 0) is 25.0 Å². The third-order valence-corrected chi connectivity index (χ3v) is 3.13. The topological polar surface area (TPSA) is 63.4 Å². The lowest BCUT2D eigenvalue weighted by molar-refractivity contribution is -0.387. The Kier molecular flexibility index (Phi) is 4.70. The number of hydrogen-bond donors (Lipinski definition) is 1. The van der Waals surface area contributed by atoms with Gasteiger partial charge in [0.05, 0.1) is 15.9 Å². The highest BCUT2D eigenvalue weighted by atomic mass is 32.2. The second-order valence-corrected chi connectivity index (χ2v) is 4.39. The summed E-state index contributed by atoms with van der Waals surface area (Å²) in [6.07, 6.45) is 0.554. The summed E-state index contributed by atoms with van der Waals surface area (Å²) in [5.41, 5.74) is 0.170. The van der Waals surface area contributed by atoms with E-state index in [2.05, 4.69) is 0 Å². The molecule has 1 aromatic carbocycles. The Morgan fingerprint density at radius 2 is 2.25 bits per heavy atom. The molecule has 0 amide bonds. The van der Waals surface area contributed by atoms with Crippen LogP contribution in [0.4, 0.5) is 10.1 Å². The van der Waals surface area contributed by atoms with Crippen molar-refractivity contribution in [1.29, 1.82) is 0 Å². The summed E-state index contributed by atoms with van der Waals surface area (Å²) >= 11 is 1.25. The third-order valence-electron chi connectivity index (χ3n) is 2.00. The van der Waals surface area contributed by atoms with Crippen LogP contribution in [0.25, 0.3) is 0 Å². The van der Waals surface area contributed by atoms with E-state index in [4.69, 9.17) is 5.11 Å². The predicted octanol–water partition coefficient (Wildman–Crippen LogP) is 2.52. The lowest BCUT2D eigenvalue weighted by Crippen LogP contribution is -1.95. The van der Waals surface area contributed by atoms with Gasteiger partial charge in [0, 0.05) is 12.4 Å². The van der Waals surface area contributed by atoms with Gasteiger partial charge in [0.1, 0.15) is 5.82 Å². The number of benzene rings is 1. The lowest BCUT2D eigenvalue weighted by atomic mass is 10.2. The van der Waals surface area contributed by atoms with E-state index in [0.29, 0.717) is 22.6 Å². The van der Waals surface area contributed by atoms with Gasteiger partial charge in [-0.2, -0.15) is 0 Å². The second kappa shape index (κ2) is 5.81. The molecule has 0 atom stereocenters. The van der Waals surface area contributed by atoms with Crippen LogP contribution in [0, 0.1) is 22.9 Å². The molecule has 0 aliphatic heterocycles. The highest BCUT2D eigenvalue weighted by molar-refractivity contribution is 7.99. The van der Waals surface area contributed by atoms with E-state index in [1.165, 1.54) is 17.8 Å². The number of aliphatic hydroxyl groups is 1. The first-order valence-electron chi connectivity index (χ1n) is 4.74. The Hall–Kier alpha value is -1.14. The number of aliphatic hydroxyl groups excluding tert-OH is 1. The molecule has 4 nitrogen and oxygen atoms in total. The molecule has 1 aromatic rings. The summed E-state index contributed by atoms with van der Waals surface area (Å²) in [7, 11) is 0. The first-order chi connectivity index (χ1) is 7.56. The molecule has 1 N–H and O–H groups in total. The molecule has 0 aliphatic carbocycles. The SMILES string of the molecule is Cc1cc(SCCCO)c([N+](=O)[O-])cc1F. The predicted molar refractivity (Wildman–Crippen MR) is 60.2 cm³/mol. The van der Waals surface area contributed by atoms with Crippen LogP contribution in [-0.2, 0) is 0 Å². The lowest BCUT2D eigenvalue weighted by Gasteiger charge is -2.04. The van der Waals surface area contributed by atoms with Crippen molar-refractivity contribution in [1.82, 2.24) is 0 Å². The number of halogens is 1. The van der Waals surface area contributed by atoms with Crippen LogP contribution in [0.2, 0.25) is 0 Å². The van der Waals surface area contributed by atoms with E-state index < -0.39 is 10.7 Å². The third kappa shape index (κ3) is 3.18. The summed E-state index contributed by atoms with van der Waals surface area (Å²) < 4.78 is 13.2. The molecule has 0 saturated carbocycles. The smallest absolute Gasteiger partial charge is 0.285 e. The van der Waals surface area contributed by atoms with Crippen molar-refractivity contribution in [2.45, 2.75) is 18.2 Å². The van der Waals surface area contributed by atoms with Gasteiger partial charge in [-0.1, -0.05) is 0 Å². The quantitative estimate of drug-likeness (QED) is 0.375. The average molecular weight is 245 g/mol. The van der Waals surface area contributed by atoms with Crippen LogP contribution in [0.1, 0.15) is 12.0 Å². The molecular weight excluding hydrogens is 233 g/mol. The first-order valence-corrected chi connectivity index (χ1v) is 5.73. The highest BCUT2D eigenvalue weighted by Gasteiger charge is 2.16. The van der Waals surface area contributed by atoms with Crippen LogP contribution in [-0.4, -0.2) is 22.4 Å². The van der Waals surface area contributed by atoms with Crippen molar-refractivity contribution in [3.63, 3.8) is 0 Å². The zero-order valence-corrected chi connectivity index (χ0v) is 9.59. The maximum atomic E-state index is 13.2. The van der Waals surface area contributed by atoms with Gasteiger partial charge in [0.15, 0.2) is 0 Å². The summed E-state index contributed by atoms with van der Waals surface area (Å²) in [6, 6.07) is 2.41. The Balaban J connectivity index is 2.95. The molecule has 6 heteroatoms. The fraction of sp³-hybridized carbons (Fsp3) is 0.400. The van der Waals surface area contributed by atoms with Gasteiger partial charge in [0.2, 0.25) is 0 Å². The van der Waals surface area contributed by atoms with Gasteiger partial charge >= 0.3 is 0 Å². The molecule has 0 spiro atoms. The number of hydrogen-bond acceptors (Lipinski definition) is 4. The number of nitrogens with zero attached hydrogens (tertiary/aromatic N) is 1. The maximum Gasteiger partial charge on any atom is 0.285 e. The van der Waals surface area contributed by atoms with Crippen LogP contribution in [0.3, 0.4) is 0 Å². The number of rotatable bonds is 5. The standard InChI is InChI=1S/C10H12FNO3S/c1-7-5-10(16-4-2-3-13)9(12(14)15)6-8(7)11/h5-6,13H,2-4H2,1H3. The Morgan fingerprint density at radius 1 is 1.56 bits per heavy atom. The zero-order valence-electron chi connectivity index (χ0n) is 8.77. The average Bonchev–Trinajstić information content (AvgIpc) is 2.23. The highest BCUT2D eigenvalue weighted by Crippen LogP contribution is 2.31. The van der Waals surface area contributed by atoms with Crippen molar-refractivity contribution in [3.8, 4) is 0 Å². The molecule has 0 heterocycles. The van der Waals surface area contributed by atoms with Gasteiger partial charge < -0.3 is 5.11 Å². The minimum atomic E-state index is -0.593. The molecule has 1 rings (SSSR count). The number of thioether (sulfide) groups is 1. The molecular formula is C10H12FNO3S. The van der Waals surface area contributed by atoms with Crippen molar-refractivity contribution in [2.75, 3.05) is 12.4 Å². The first kappa shape index (κ1) is 12.9. The fourth-order valence-corrected chi connectivity index (χ4v) is 2.18. The van der Waals surface area contributed by atoms with Crippen LogP contribution < -0.4 is 0 Å². The van der Waals surface area contributed by atoms with Crippen molar-refractivity contribution in [3.05, 3.63) is 33.6 Å². The molecule has 0 unspecified atom stereocenters. The summed E-state index contributed by atoms with van der Waals surface area (Å²) in [6.45, 7) is 1.61. The van der Waals surface area contributed by atoms with E-state index in [1.54, 1.807) is 6.92 Å². The number of nitro groups is 1. The van der Waals surface area contributed by atoms with E-state index in [0.717, 1.165) is 6.07 Å². The molecule has 0 saturated heterocycles. The van der Waals surface area contributed by atoms with Crippen molar-refractivity contribution < 1.29 is 14.4 Å². The molecule has 88 valence electrons. The van der Waals surface area contributed by atoms with E-state index in [1.807, 2.05) is 0 Å². The van der Waals surface area contributed by atoms with Crippen molar-refractivity contribution in [2.24, 2.45) is 0 Å². The molecule has 0 bridgehead atoms. The van der Waals surface area contributed by atoms with Gasteiger partial charge in [-0.25, -0.2) is 4.39 Å². The molecule has 0 fully saturated rings. The summed E-state index contributed by atoms with van der Waals surface area (Å²) in [4.78, 5) is 10.5. The second-order valence-electron chi connectivity index (χ2n) is 3.25. The van der Waals surface area contributed by atoms with Crippen molar-refractivity contribution >= 4 is 17.4 Å². The summed E-state index contributed by atoms with van der Waals surface area (Å²) in [5.74, 6) is 0.000734. The van der Waals surface area contributed by atoms with Crippen LogP contribution in [0.5, 0.6) is 0 Å². The van der Waals surface area contributed by atoms with E-state index in [9.17, 15) is 14.5 Å². The van der Waals surface area contributed by atoms with E-state index >= 15 is 0 Å². The monoisotopic (exact) mass is 245 g/mol. The van der Waals surface area contributed by atoms with Gasteiger partial charge in [-0.15, -0.1) is 11.8 Å². The maximum absolute atomic E-state index is 13.2. The molecule has 0 radical (unpaired) electrons. The van der Waals surface area contributed by atoms with Crippen LogP contribution >= 0.6 is 11.8 Å². The number of nitro benzene ring substituents is 1. The Morgan fingerprint density at radius 3 is 2.81 bits per heavy atom. The summed E-state index contributed by atoms with van der Waals surface area (Å²) in [5, 5.41) is 19.3. The molecule has 16 heavy (non-hydrogen) atoms. The zero-order chi connectivity index (χ0) is 12.1. The number of aryl methyl sites for hydroxylation is 1. The van der Waals surface area contributed by atoms with E-state index in [-0.39, 0.29) is 12.3 Å². The minimum absolute atomic E-state index is 0.0426.